The largest absolute Gasteiger partial charge is 0.281 e. The summed E-state index contributed by atoms with van der Waals surface area (Å²) >= 11 is 4.36. The number of rotatable bonds is 4. The zero-order chi connectivity index (χ0) is 11.5. The van der Waals surface area contributed by atoms with Crippen molar-refractivity contribution in [3.8, 4) is 0 Å². The van der Waals surface area contributed by atoms with Crippen molar-refractivity contribution in [3.63, 3.8) is 0 Å². The van der Waals surface area contributed by atoms with Crippen molar-refractivity contribution in [1.82, 2.24) is 8.61 Å². The van der Waals surface area contributed by atoms with Crippen LogP contribution in [0.2, 0.25) is 0 Å². The highest BCUT2D eigenvalue weighted by atomic mass is 32.2. The van der Waals surface area contributed by atoms with Crippen molar-refractivity contribution < 1.29 is 8.42 Å². The van der Waals surface area contributed by atoms with Crippen LogP contribution in [0.4, 0.5) is 0 Å². The minimum atomic E-state index is -3.21. The molecular weight excluding hydrogens is 232 g/mol. The standard InChI is InChI=1S/C9H20N2O2S2/c1-3-6-10(2)15(12,13)11-7-4-9(14)5-8-11/h9,14H,3-8H2,1-2H3. The lowest BCUT2D eigenvalue weighted by molar-refractivity contribution is 0.320. The van der Waals surface area contributed by atoms with E-state index in [0.29, 0.717) is 24.9 Å². The van der Waals surface area contributed by atoms with Gasteiger partial charge in [0.2, 0.25) is 0 Å². The van der Waals surface area contributed by atoms with Gasteiger partial charge in [-0.25, -0.2) is 0 Å². The third kappa shape index (κ3) is 3.34. The highest BCUT2D eigenvalue weighted by molar-refractivity contribution is 7.86. The van der Waals surface area contributed by atoms with Crippen LogP contribution in [-0.2, 0) is 10.2 Å². The van der Waals surface area contributed by atoms with Crippen LogP contribution in [0.1, 0.15) is 26.2 Å². The van der Waals surface area contributed by atoms with Gasteiger partial charge >= 0.3 is 0 Å². The molecule has 6 heteroatoms. The zero-order valence-corrected chi connectivity index (χ0v) is 11.1. The molecule has 90 valence electrons. The second-order valence-corrected chi connectivity index (χ2v) is 6.73. The summed E-state index contributed by atoms with van der Waals surface area (Å²) < 4.78 is 27.0. The van der Waals surface area contributed by atoms with Crippen LogP contribution in [0.5, 0.6) is 0 Å². The SMILES string of the molecule is CCCN(C)S(=O)(=O)N1CCC(S)CC1. The van der Waals surface area contributed by atoms with E-state index >= 15 is 0 Å². The first-order valence-electron chi connectivity index (χ1n) is 5.38. The van der Waals surface area contributed by atoms with Crippen LogP contribution >= 0.6 is 12.6 Å². The Hall–Kier alpha value is 0.220. The number of thiol groups is 1. The molecule has 0 atom stereocenters. The molecule has 1 aliphatic heterocycles. The van der Waals surface area contributed by atoms with Crippen LogP contribution in [0.3, 0.4) is 0 Å². The molecule has 0 saturated carbocycles. The van der Waals surface area contributed by atoms with Gasteiger partial charge in [0.25, 0.3) is 10.2 Å². The average molecular weight is 252 g/mol. The van der Waals surface area contributed by atoms with E-state index in [1.165, 1.54) is 4.31 Å². The maximum absolute atomic E-state index is 12.0. The Kier molecular flexibility index (Phi) is 4.89. The molecule has 0 radical (unpaired) electrons. The van der Waals surface area contributed by atoms with Crippen molar-refractivity contribution >= 4 is 22.8 Å². The van der Waals surface area contributed by atoms with E-state index in [9.17, 15) is 8.42 Å². The predicted molar refractivity (Wildman–Crippen MR) is 65.4 cm³/mol. The van der Waals surface area contributed by atoms with Gasteiger partial charge in [0.15, 0.2) is 0 Å². The Bertz CT molecular complexity index is 284. The first-order chi connectivity index (χ1) is 6.98. The van der Waals surface area contributed by atoms with Gasteiger partial charge in [-0.2, -0.15) is 29.7 Å². The second kappa shape index (κ2) is 5.52. The molecule has 0 aromatic rings. The highest BCUT2D eigenvalue weighted by Crippen LogP contribution is 2.19. The molecule has 1 heterocycles. The number of hydrogen-bond donors (Lipinski definition) is 1. The Balaban J connectivity index is 2.61. The van der Waals surface area contributed by atoms with E-state index in [4.69, 9.17) is 0 Å². The van der Waals surface area contributed by atoms with Crippen LogP contribution in [0.15, 0.2) is 0 Å². The van der Waals surface area contributed by atoms with Crippen LogP contribution in [0, 0.1) is 0 Å². The minimum absolute atomic E-state index is 0.355. The molecule has 1 rings (SSSR count). The summed E-state index contributed by atoms with van der Waals surface area (Å²) in [6.07, 6.45) is 2.55. The van der Waals surface area contributed by atoms with Gasteiger partial charge in [-0.15, -0.1) is 0 Å². The molecule has 0 N–H and O–H groups in total. The van der Waals surface area contributed by atoms with Gasteiger partial charge in [-0.1, -0.05) is 6.92 Å². The van der Waals surface area contributed by atoms with Crippen molar-refractivity contribution in [2.45, 2.75) is 31.4 Å². The predicted octanol–water partition coefficient (Wildman–Crippen LogP) is 0.967. The van der Waals surface area contributed by atoms with E-state index < -0.39 is 10.2 Å². The monoisotopic (exact) mass is 252 g/mol. The van der Waals surface area contributed by atoms with Crippen molar-refractivity contribution in [1.29, 1.82) is 0 Å². The Morgan fingerprint density at radius 2 is 1.93 bits per heavy atom. The maximum Gasteiger partial charge on any atom is 0.281 e. The van der Waals surface area contributed by atoms with Crippen molar-refractivity contribution in [3.05, 3.63) is 0 Å². The van der Waals surface area contributed by atoms with Crippen LogP contribution in [0.25, 0.3) is 0 Å². The average Bonchev–Trinajstić information content (AvgIpc) is 2.18. The minimum Gasteiger partial charge on any atom is -0.195 e. The quantitative estimate of drug-likeness (QED) is 0.757. The van der Waals surface area contributed by atoms with Gasteiger partial charge in [0, 0.05) is 31.9 Å². The number of hydrogen-bond acceptors (Lipinski definition) is 3. The molecule has 1 aliphatic rings. The Morgan fingerprint density at radius 1 is 1.40 bits per heavy atom. The summed E-state index contributed by atoms with van der Waals surface area (Å²) in [5, 5.41) is 0.355. The fourth-order valence-corrected chi connectivity index (χ4v) is 3.41. The van der Waals surface area contributed by atoms with Gasteiger partial charge in [-0.05, 0) is 19.3 Å². The molecule has 4 nitrogen and oxygen atoms in total. The summed E-state index contributed by atoms with van der Waals surface area (Å²) in [5.74, 6) is 0. The van der Waals surface area contributed by atoms with E-state index in [2.05, 4.69) is 12.6 Å². The molecule has 0 unspecified atom stereocenters. The molecule has 0 aromatic carbocycles. The molecule has 0 aliphatic carbocycles. The van der Waals surface area contributed by atoms with E-state index in [0.717, 1.165) is 19.3 Å². The fourth-order valence-electron chi connectivity index (χ4n) is 1.70. The highest BCUT2D eigenvalue weighted by Gasteiger charge is 2.29. The van der Waals surface area contributed by atoms with Gasteiger partial charge < -0.3 is 0 Å². The Labute approximate surface area is 98.2 Å². The summed E-state index contributed by atoms with van der Waals surface area (Å²) in [6.45, 7) is 3.77. The molecule has 0 aromatic heterocycles. The molecule has 15 heavy (non-hydrogen) atoms. The van der Waals surface area contributed by atoms with Crippen LogP contribution < -0.4 is 0 Å². The maximum atomic E-state index is 12.0. The smallest absolute Gasteiger partial charge is 0.195 e. The summed E-state index contributed by atoms with van der Waals surface area (Å²) in [6, 6.07) is 0. The lowest BCUT2D eigenvalue weighted by Crippen LogP contribution is -2.46. The van der Waals surface area contributed by atoms with Crippen molar-refractivity contribution in [2.24, 2.45) is 0 Å². The van der Waals surface area contributed by atoms with E-state index in [-0.39, 0.29) is 0 Å². The molecule has 1 saturated heterocycles. The Morgan fingerprint density at radius 3 is 2.40 bits per heavy atom. The van der Waals surface area contributed by atoms with Gasteiger partial charge in [-0.3, -0.25) is 0 Å². The normalized spacial score (nSPS) is 21.1. The van der Waals surface area contributed by atoms with Crippen molar-refractivity contribution in [2.75, 3.05) is 26.7 Å². The lowest BCUT2D eigenvalue weighted by Gasteiger charge is -2.32. The third-order valence-corrected chi connectivity index (χ3v) is 5.19. The number of nitrogens with zero attached hydrogens (tertiary/aromatic N) is 2. The van der Waals surface area contributed by atoms with Gasteiger partial charge in [0.05, 0.1) is 0 Å². The van der Waals surface area contributed by atoms with E-state index in [1.54, 1.807) is 11.4 Å². The molecule has 0 bridgehead atoms. The van der Waals surface area contributed by atoms with Crippen LogP contribution in [-0.4, -0.2) is 49.0 Å². The van der Waals surface area contributed by atoms with E-state index in [1.807, 2.05) is 6.92 Å². The first-order valence-corrected chi connectivity index (χ1v) is 7.29. The number of piperidine rings is 1. The fraction of sp³-hybridized carbons (Fsp3) is 1.00. The molecular formula is C9H20N2O2S2. The molecule has 1 fully saturated rings. The summed E-state index contributed by atoms with van der Waals surface area (Å²) in [7, 11) is -1.57. The molecule has 0 spiro atoms. The summed E-state index contributed by atoms with van der Waals surface area (Å²) in [5.41, 5.74) is 0. The third-order valence-electron chi connectivity index (χ3n) is 2.68. The lowest BCUT2D eigenvalue weighted by atomic mass is 10.2. The van der Waals surface area contributed by atoms with Gasteiger partial charge in [0.1, 0.15) is 0 Å². The zero-order valence-electron chi connectivity index (χ0n) is 9.39. The topological polar surface area (TPSA) is 40.6 Å². The second-order valence-electron chi connectivity index (χ2n) is 3.96. The summed E-state index contributed by atoms with van der Waals surface area (Å²) in [4.78, 5) is 0. The molecule has 0 amide bonds. The first kappa shape index (κ1) is 13.3.